The van der Waals surface area contributed by atoms with Gasteiger partial charge in [0, 0.05) is 16.6 Å². The van der Waals surface area contributed by atoms with Gasteiger partial charge < -0.3 is 5.32 Å². The molecule has 1 N–H and O–H groups in total. The Labute approximate surface area is 108 Å². The molecule has 0 aromatic carbocycles. The van der Waals surface area contributed by atoms with Gasteiger partial charge in [-0.15, -0.1) is 11.3 Å². The van der Waals surface area contributed by atoms with E-state index in [0.29, 0.717) is 9.90 Å². The zero-order valence-corrected chi connectivity index (χ0v) is 10.9. The summed E-state index contributed by atoms with van der Waals surface area (Å²) >= 11 is 7.37. The fraction of sp³-hybridized carbons (Fsp3) is 0.250. The molecule has 0 bridgehead atoms. The van der Waals surface area contributed by atoms with Gasteiger partial charge in [0.15, 0.2) is 0 Å². The predicted molar refractivity (Wildman–Crippen MR) is 69.0 cm³/mol. The van der Waals surface area contributed by atoms with E-state index in [0.717, 1.165) is 11.4 Å². The van der Waals surface area contributed by atoms with Gasteiger partial charge in [-0.3, -0.25) is 4.98 Å². The number of aromatic nitrogens is 1. The predicted octanol–water partition coefficient (Wildman–Crippen LogP) is 3.63. The van der Waals surface area contributed by atoms with Crippen molar-refractivity contribution in [1.29, 1.82) is 0 Å². The molecular formula is C12H12ClFN2S. The van der Waals surface area contributed by atoms with Crippen molar-refractivity contribution in [3.05, 3.63) is 51.2 Å². The van der Waals surface area contributed by atoms with Crippen molar-refractivity contribution in [3.63, 3.8) is 0 Å². The Morgan fingerprint density at radius 3 is 2.88 bits per heavy atom. The van der Waals surface area contributed by atoms with Crippen LogP contribution in [-0.4, -0.2) is 11.5 Å². The lowest BCUT2D eigenvalue weighted by Gasteiger charge is -2.17. The lowest BCUT2D eigenvalue weighted by Crippen LogP contribution is -2.22. The number of nitrogens with one attached hydrogen (secondary N) is 1. The number of rotatable bonds is 4. The first-order chi connectivity index (χ1) is 8.22. The SMILES string of the molecule is CCNC(c1ccc(Cl)s1)c1ccncc1F. The minimum Gasteiger partial charge on any atom is -0.306 e. The number of halogens is 2. The maximum atomic E-state index is 13.7. The molecule has 2 aromatic heterocycles. The standard InChI is InChI=1S/C12H12ClFN2S/c1-2-16-12(10-3-4-11(13)17-10)8-5-6-15-7-9(8)14/h3-7,12,16H,2H2,1H3. The van der Waals surface area contributed by atoms with Gasteiger partial charge in [0.25, 0.3) is 0 Å². The van der Waals surface area contributed by atoms with E-state index in [-0.39, 0.29) is 11.9 Å². The highest BCUT2D eigenvalue weighted by atomic mass is 35.5. The largest absolute Gasteiger partial charge is 0.306 e. The highest BCUT2D eigenvalue weighted by Gasteiger charge is 2.18. The van der Waals surface area contributed by atoms with Crippen LogP contribution in [0.1, 0.15) is 23.4 Å². The zero-order valence-electron chi connectivity index (χ0n) is 9.28. The molecule has 0 aliphatic rings. The molecule has 1 atom stereocenters. The van der Waals surface area contributed by atoms with Gasteiger partial charge >= 0.3 is 0 Å². The van der Waals surface area contributed by atoms with E-state index in [9.17, 15) is 4.39 Å². The lowest BCUT2D eigenvalue weighted by molar-refractivity contribution is 0.558. The molecule has 0 saturated heterocycles. The summed E-state index contributed by atoms with van der Waals surface area (Å²) < 4.78 is 14.4. The minimum atomic E-state index is -0.303. The van der Waals surface area contributed by atoms with Crippen LogP contribution in [0.2, 0.25) is 4.34 Å². The molecule has 0 amide bonds. The van der Waals surface area contributed by atoms with Crippen LogP contribution >= 0.6 is 22.9 Å². The van der Waals surface area contributed by atoms with Crippen molar-refractivity contribution in [2.24, 2.45) is 0 Å². The van der Waals surface area contributed by atoms with E-state index >= 15 is 0 Å². The van der Waals surface area contributed by atoms with Crippen LogP contribution in [0, 0.1) is 5.82 Å². The number of thiophene rings is 1. The van der Waals surface area contributed by atoms with E-state index in [1.165, 1.54) is 17.5 Å². The molecule has 0 radical (unpaired) electrons. The molecule has 2 heterocycles. The van der Waals surface area contributed by atoms with Gasteiger partial charge in [-0.1, -0.05) is 18.5 Å². The summed E-state index contributed by atoms with van der Waals surface area (Å²) in [5.74, 6) is -0.303. The quantitative estimate of drug-likeness (QED) is 0.918. The van der Waals surface area contributed by atoms with Gasteiger partial charge in [-0.05, 0) is 24.7 Å². The third-order valence-electron chi connectivity index (χ3n) is 2.40. The Kier molecular flexibility index (Phi) is 4.10. The second-order valence-corrected chi connectivity index (χ2v) is 5.28. The Balaban J connectivity index is 2.39. The van der Waals surface area contributed by atoms with Crippen molar-refractivity contribution in [1.82, 2.24) is 10.3 Å². The normalized spacial score (nSPS) is 12.6. The van der Waals surface area contributed by atoms with E-state index < -0.39 is 0 Å². The molecule has 0 spiro atoms. The molecule has 2 rings (SSSR count). The first-order valence-electron chi connectivity index (χ1n) is 5.30. The average Bonchev–Trinajstić information content (AvgIpc) is 2.74. The van der Waals surface area contributed by atoms with E-state index in [1.807, 2.05) is 19.1 Å². The van der Waals surface area contributed by atoms with Crippen LogP contribution in [0.15, 0.2) is 30.6 Å². The Hall–Kier alpha value is -0.970. The van der Waals surface area contributed by atoms with Crippen molar-refractivity contribution in [3.8, 4) is 0 Å². The van der Waals surface area contributed by atoms with E-state index in [1.54, 1.807) is 12.3 Å². The molecule has 90 valence electrons. The molecule has 0 fully saturated rings. The van der Waals surface area contributed by atoms with Crippen LogP contribution < -0.4 is 5.32 Å². The highest BCUT2D eigenvalue weighted by molar-refractivity contribution is 7.16. The van der Waals surface area contributed by atoms with Crippen LogP contribution in [0.3, 0.4) is 0 Å². The Morgan fingerprint density at radius 2 is 2.29 bits per heavy atom. The second kappa shape index (κ2) is 5.58. The maximum absolute atomic E-state index is 13.7. The monoisotopic (exact) mass is 270 g/mol. The summed E-state index contributed by atoms with van der Waals surface area (Å²) in [5, 5.41) is 3.25. The van der Waals surface area contributed by atoms with Crippen molar-refractivity contribution < 1.29 is 4.39 Å². The van der Waals surface area contributed by atoms with Gasteiger partial charge in [0.1, 0.15) is 5.82 Å². The van der Waals surface area contributed by atoms with Crippen LogP contribution in [0.5, 0.6) is 0 Å². The fourth-order valence-corrected chi connectivity index (χ4v) is 2.83. The summed E-state index contributed by atoms with van der Waals surface area (Å²) in [6.07, 6.45) is 2.83. The van der Waals surface area contributed by atoms with Crippen molar-refractivity contribution >= 4 is 22.9 Å². The third kappa shape index (κ3) is 2.83. The van der Waals surface area contributed by atoms with E-state index in [4.69, 9.17) is 11.6 Å². The molecular weight excluding hydrogens is 259 g/mol. The zero-order chi connectivity index (χ0) is 12.3. The molecule has 0 aliphatic carbocycles. The Bertz CT molecular complexity index is 501. The van der Waals surface area contributed by atoms with Crippen LogP contribution in [0.25, 0.3) is 0 Å². The number of hydrogen-bond acceptors (Lipinski definition) is 3. The molecule has 17 heavy (non-hydrogen) atoms. The number of pyridine rings is 1. The van der Waals surface area contributed by atoms with Gasteiger partial charge in [0.05, 0.1) is 16.6 Å². The summed E-state index contributed by atoms with van der Waals surface area (Å²) in [6.45, 7) is 2.74. The summed E-state index contributed by atoms with van der Waals surface area (Å²) in [4.78, 5) is 4.76. The van der Waals surface area contributed by atoms with Crippen molar-refractivity contribution in [2.75, 3.05) is 6.54 Å². The summed E-state index contributed by atoms with van der Waals surface area (Å²) in [7, 11) is 0. The minimum absolute atomic E-state index is 0.166. The molecule has 0 aliphatic heterocycles. The average molecular weight is 271 g/mol. The van der Waals surface area contributed by atoms with Crippen molar-refractivity contribution in [2.45, 2.75) is 13.0 Å². The highest BCUT2D eigenvalue weighted by Crippen LogP contribution is 2.31. The molecule has 1 unspecified atom stereocenters. The first-order valence-corrected chi connectivity index (χ1v) is 6.50. The topological polar surface area (TPSA) is 24.9 Å². The number of nitrogens with zero attached hydrogens (tertiary/aromatic N) is 1. The molecule has 2 aromatic rings. The summed E-state index contributed by atoms with van der Waals surface area (Å²) in [5.41, 5.74) is 0.598. The van der Waals surface area contributed by atoms with Gasteiger partial charge in [-0.2, -0.15) is 0 Å². The number of hydrogen-bond donors (Lipinski definition) is 1. The third-order valence-corrected chi connectivity index (χ3v) is 3.70. The fourth-order valence-electron chi connectivity index (χ4n) is 1.67. The maximum Gasteiger partial charge on any atom is 0.146 e. The molecule has 2 nitrogen and oxygen atoms in total. The smallest absolute Gasteiger partial charge is 0.146 e. The van der Waals surface area contributed by atoms with Crippen LogP contribution in [-0.2, 0) is 0 Å². The summed E-state index contributed by atoms with van der Waals surface area (Å²) in [6, 6.07) is 5.27. The van der Waals surface area contributed by atoms with Gasteiger partial charge in [-0.25, -0.2) is 4.39 Å². The van der Waals surface area contributed by atoms with Gasteiger partial charge in [0.2, 0.25) is 0 Å². The Morgan fingerprint density at radius 1 is 1.47 bits per heavy atom. The van der Waals surface area contributed by atoms with Crippen LogP contribution in [0.4, 0.5) is 4.39 Å². The second-order valence-electron chi connectivity index (χ2n) is 3.53. The first kappa shape index (κ1) is 12.5. The van der Waals surface area contributed by atoms with E-state index in [2.05, 4.69) is 10.3 Å². The lowest BCUT2D eigenvalue weighted by atomic mass is 10.1. The molecule has 0 saturated carbocycles. The molecule has 5 heteroatoms.